The van der Waals surface area contributed by atoms with Gasteiger partial charge in [0, 0.05) is 43.9 Å². The van der Waals surface area contributed by atoms with Gasteiger partial charge in [-0.15, -0.1) is 0 Å². The lowest BCUT2D eigenvalue weighted by atomic mass is 9.95. The van der Waals surface area contributed by atoms with Gasteiger partial charge in [-0.3, -0.25) is 9.59 Å². The van der Waals surface area contributed by atoms with Gasteiger partial charge in [0.05, 0.1) is 0 Å². The van der Waals surface area contributed by atoms with Gasteiger partial charge in [0.15, 0.2) is 0 Å². The Hall–Kier alpha value is -2.40. The second-order valence-corrected chi connectivity index (χ2v) is 8.03. The minimum Gasteiger partial charge on any atom is -0.335 e. The minimum atomic E-state index is 0.0496. The fourth-order valence-corrected chi connectivity index (χ4v) is 4.09. The first-order valence-corrected chi connectivity index (χ1v) is 10.4. The highest BCUT2D eigenvalue weighted by Gasteiger charge is 2.36. The molecule has 0 spiro atoms. The van der Waals surface area contributed by atoms with E-state index in [1.54, 1.807) is 16.7 Å². The fraction of sp³-hybridized carbons (Fsp3) is 0.478. The summed E-state index contributed by atoms with van der Waals surface area (Å²) in [4.78, 5) is 29.5. The number of likely N-dealkylation sites (tertiary alicyclic amines) is 1. The summed E-state index contributed by atoms with van der Waals surface area (Å²) >= 11 is 0. The topological polar surface area (TPSA) is 45.6 Å². The highest BCUT2D eigenvalue weighted by molar-refractivity contribution is 5.79. The van der Waals surface area contributed by atoms with Crippen LogP contribution < -0.4 is 5.56 Å². The Labute approximate surface area is 166 Å². The van der Waals surface area contributed by atoms with Gasteiger partial charge < -0.3 is 14.4 Å². The van der Waals surface area contributed by atoms with E-state index in [0.717, 1.165) is 51.9 Å². The van der Waals surface area contributed by atoms with Crippen molar-refractivity contribution in [3.8, 4) is 0 Å². The molecule has 0 bridgehead atoms. The Morgan fingerprint density at radius 3 is 2.32 bits per heavy atom. The van der Waals surface area contributed by atoms with Crippen LogP contribution in [-0.4, -0.2) is 46.0 Å². The van der Waals surface area contributed by atoms with E-state index in [1.807, 2.05) is 30.5 Å². The van der Waals surface area contributed by atoms with Crippen molar-refractivity contribution in [2.75, 3.05) is 19.6 Å². The zero-order chi connectivity index (χ0) is 19.3. The van der Waals surface area contributed by atoms with E-state index < -0.39 is 0 Å². The van der Waals surface area contributed by atoms with Crippen molar-refractivity contribution in [1.29, 1.82) is 0 Å². The molecular weight excluding hydrogens is 350 g/mol. The van der Waals surface area contributed by atoms with Gasteiger partial charge in [-0.05, 0) is 50.4 Å². The maximum absolute atomic E-state index is 13.2. The fourth-order valence-electron chi connectivity index (χ4n) is 4.09. The Morgan fingerprint density at radius 2 is 1.64 bits per heavy atom. The molecule has 2 fully saturated rings. The van der Waals surface area contributed by atoms with Gasteiger partial charge in [0.1, 0.15) is 0 Å². The maximum Gasteiger partial charge on any atom is 0.250 e. The van der Waals surface area contributed by atoms with Crippen LogP contribution in [0.15, 0.2) is 59.5 Å². The van der Waals surface area contributed by atoms with Crippen LogP contribution in [0, 0.1) is 5.92 Å². The molecule has 28 heavy (non-hydrogen) atoms. The van der Waals surface area contributed by atoms with Crippen LogP contribution in [0.25, 0.3) is 0 Å². The molecule has 2 aromatic rings. The van der Waals surface area contributed by atoms with Crippen molar-refractivity contribution >= 4 is 5.91 Å². The molecule has 5 nitrogen and oxygen atoms in total. The third-order valence-corrected chi connectivity index (χ3v) is 5.96. The monoisotopic (exact) mass is 379 g/mol. The molecule has 0 N–H and O–H groups in total. The molecule has 4 rings (SSSR count). The quantitative estimate of drug-likeness (QED) is 0.743. The first-order valence-electron chi connectivity index (χ1n) is 10.4. The molecule has 1 saturated heterocycles. The highest BCUT2D eigenvalue weighted by atomic mass is 16.2. The van der Waals surface area contributed by atoms with Gasteiger partial charge in [0.25, 0.3) is 5.56 Å². The number of hydrogen-bond donors (Lipinski definition) is 0. The Morgan fingerprint density at radius 1 is 0.929 bits per heavy atom. The molecule has 1 aliphatic carbocycles. The summed E-state index contributed by atoms with van der Waals surface area (Å²) in [7, 11) is 0. The van der Waals surface area contributed by atoms with E-state index in [2.05, 4.69) is 21.9 Å². The summed E-state index contributed by atoms with van der Waals surface area (Å²) in [5.41, 5.74) is 1.27. The molecule has 1 aliphatic heterocycles. The second kappa shape index (κ2) is 8.74. The molecule has 1 aromatic heterocycles. The second-order valence-electron chi connectivity index (χ2n) is 8.03. The average Bonchev–Trinajstić information content (AvgIpc) is 3.57. The van der Waals surface area contributed by atoms with Gasteiger partial charge >= 0.3 is 0 Å². The molecule has 5 heteroatoms. The summed E-state index contributed by atoms with van der Waals surface area (Å²) in [5.74, 6) is 0.477. The summed E-state index contributed by atoms with van der Waals surface area (Å²) in [6, 6.07) is 16.0. The first kappa shape index (κ1) is 18.9. The van der Waals surface area contributed by atoms with Crippen LogP contribution in [0.1, 0.15) is 31.2 Å². The number of piperidine rings is 1. The largest absolute Gasteiger partial charge is 0.335 e. The van der Waals surface area contributed by atoms with E-state index in [-0.39, 0.29) is 11.5 Å². The number of carbonyl (C=O) groups is 1. The van der Waals surface area contributed by atoms with E-state index in [4.69, 9.17) is 0 Å². The Kier molecular flexibility index (Phi) is 5.91. The molecular formula is C23H29N3O2. The Bertz CT molecular complexity index is 836. The highest BCUT2D eigenvalue weighted by Crippen LogP contribution is 2.31. The molecule has 0 unspecified atom stereocenters. The van der Waals surface area contributed by atoms with Gasteiger partial charge in [-0.25, -0.2) is 0 Å². The van der Waals surface area contributed by atoms with Crippen molar-refractivity contribution in [2.24, 2.45) is 5.92 Å². The van der Waals surface area contributed by atoms with E-state index >= 15 is 0 Å². The van der Waals surface area contributed by atoms with Crippen LogP contribution >= 0.6 is 0 Å². The zero-order valence-corrected chi connectivity index (χ0v) is 16.4. The molecule has 1 amide bonds. The first-order chi connectivity index (χ1) is 13.7. The number of hydrogen-bond acceptors (Lipinski definition) is 3. The molecule has 1 aromatic carbocycles. The molecule has 2 aliphatic rings. The van der Waals surface area contributed by atoms with Crippen molar-refractivity contribution in [3.63, 3.8) is 0 Å². The molecule has 148 valence electrons. The number of benzene rings is 1. The van der Waals surface area contributed by atoms with Crippen LogP contribution in [0.2, 0.25) is 0 Å². The molecule has 0 radical (unpaired) electrons. The van der Waals surface area contributed by atoms with E-state index in [0.29, 0.717) is 18.5 Å². The SMILES string of the molecule is O=C(C1CCN(CCn2ccccc2=O)CC1)N(Cc1ccccc1)C1CC1. The summed E-state index contributed by atoms with van der Waals surface area (Å²) in [6.45, 7) is 4.17. The van der Waals surface area contributed by atoms with Crippen molar-refractivity contribution in [2.45, 2.75) is 44.8 Å². The predicted octanol–water partition coefficient (Wildman–Crippen LogP) is 2.75. The number of pyridine rings is 1. The lowest BCUT2D eigenvalue weighted by Gasteiger charge is -2.34. The van der Waals surface area contributed by atoms with Crippen molar-refractivity contribution in [3.05, 3.63) is 70.6 Å². The number of rotatable bonds is 7. The van der Waals surface area contributed by atoms with E-state index in [9.17, 15) is 9.59 Å². The predicted molar refractivity (Wildman–Crippen MR) is 110 cm³/mol. The van der Waals surface area contributed by atoms with Crippen molar-refractivity contribution < 1.29 is 4.79 Å². The number of aromatic nitrogens is 1. The summed E-state index contributed by atoms with van der Waals surface area (Å²) in [5, 5.41) is 0. The van der Waals surface area contributed by atoms with Crippen LogP contribution in [0.4, 0.5) is 0 Å². The smallest absolute Gasteiger partial charge is 0.250 e. The van der Waals surface area contributed by atoms with Crippen LogP contribution in [0.5, 0.6) is 0 Å². The number of carbonyl (C=O) groups excluding carboxylic acids is 1. The van der Waals surface area contributed by atoms with Crippen LogP contribution in [-0.2, 0) is 17.9 Å². The molecule has 2 heterocycles. The maximum atomic E-state index is 13.2. The standard InChI is InChI=1S/C23H29N3O2/c27-22-8-4-5-13-25(22)17-16-24-14-11-20(12-15-24)23(28)26(21-9-10-21)18-19-6-2-1-3-7-19/h1-8,13,20-21H,9-12,14-18H2. The average molecular weight is 380 g/mol. The summed E-state index contributed by atoms with van der Waals surface area (Å²) < 4.78 is 1.76. The van der Waals surface area contributed by atoms with E-state index in [1.165, 1.54) is 5.56 Å². The third-order valence-electron chi connectivity index (χ3n) is 5.96. The van der Waals surface area contributed by atoms with Gasteiger partial charge in [-0.1, -0.05) is 36.4 Å². The third kappa shape index (κ3) is 4.71. The van der Waals surface area contributed by atoms with Crippen molar-refractivity contribution in [1.82, 2.24) is 14.4 Å². The lowest BCUT2D eigenvalue weighted by Crippen LogP contribution is -2.44. The van der Waals surface area contributed by atoms with Crippen LogP contribution in [0.3, 0.4) is 0 Å². The molecule has 1 saturated carbocycles. The number of nitrogens with zero attached hydrogens (tertiary/aromatic N) is 3. The lowest BCUT2D eigenvalue weighted by molar-refractivity contribution is -0.138. The normalized spacial score (nSPS) is 18.1. The van der Waals surface area contributed by atoms with Gasteiger partial charge in [0.2, 0.25) is 5.91 Å². The molecule has 0 atom stereocenters. The zero-order valence-electron chi connectivity index (χ0n) is 16.4. The Balaban J connectivity index is 1.29. The minimum absolute atomic E-state index is 0.0496. The number of amides is 1. The summed E-state index contributed by atoms with van der Waals surface area (Å²) in [6.07, 6.45) is 5.96. The van der Waals surface area contributed by atoms with Gasteiger partial charge in [-0.2, -0.15) is 0 Å².